The first kappa shape index (κ1) is 16.0. The minimum atomic E-state index is 0.431. The van der Waals surface area contributed by atoms with Crippen molar-refractivity contribution in [3.63, 3.8) is 0 Å². The van der Waals surface area contributed by atoms with E-state index in [0.29, 0.717) is 16.7 Å². The lowest BCUT2D eigenvalue weighted by Crippen LogP contribution is -2.36. The molecule has 0 aromatic carbocycles. The van der Waals surface area contributed by atoms with Crippen molar-refractivity contribution in [1.29, 1.82) is 0 Å². The zero-order valence-corrected chi connectivity index (χ0v) is 12.4. The van der Waals surface area contributed by atoms with E-state index in [1.54, 1.807) is 0 Å². The SMILES string of the molecule is CCC(C)(CC)CC(CN)C(C)(CC)CC. The Hall–Kier alpha value is -0.0400. The maximum Gasteiger partial charge on any atom is -0.00435 e. The van der Waals surface area contributed by atoms with Crippen LogP contribution < -0.4 is 5.73 Å². The first-order valence-corrected chi connectivity index (χ1v) is 7.11. The first-order valence-electron chi connectivity index (χ1n) is 7.11. The Balaban J connectivity index is 4.74. The van der Waals surface area contributed by atoms with E-state index in [9.17, 15) is 0 Å². The highest BCUT2D eigenvalue weighted by molar-refractivity contribution is 4.86. The number of nitrogens with two attached hydrogens (primary N) is 1. The lowest BCUT2D eigenvalue weighted by molar-refractivity contribution is 0.104. The van der Waals surface area contributed by atoms with E-state index in [1.165, 1.54) is 32.1 Å². The summed E-state index contributed by atoms with van der Waals surface area (Å²) in [6, 6.07) is 0. The predicted octanol–water partition coefficient (Wildman–Crippen LogP) is 4.60. The van der Waals surface area contributed by atoms with Gasteiger partial charge in [-0.2, -0.15) is 0 Å². The molecule has 1 unspecified atom stereocenters. The van der Waals surface area contributed by atoms with Crippen LogP contribution in [-0.2, 0) is 0 Å². The van der Waals surface area contributed by atoms with Crippen molar-refractivity contribution in [2.24, 2.45) is 22.5 Å². The highest BCUT2D eigenvalue weighted by atomic mass is 14.6. The fraction of sp³-hybridized carbons (Fsp3) is 1.00. The fourth-order valence-electron chi connectivity index (χ4n) is 2.58. The second-order valence-corrected chi connectivity index (χ2v) is 6.02. The summed E-state index contributed by atoms with van der Waals surface area (Å²) in [5.74, 6) is 0.674. The summed E-state index contributed by atoms with van der Waals surface area (Å²) in [5, 5.41) is 0. The molecule has 0 aliphatic heterocycles. The van der Waals surface area contributed by atoms with Crippen LogP contribution in [0, 0.1) is 16.7 Å². The van der Waals surface area contributed by atoms with Gasteiger partial charge in [0.1, 0.15) is 0 Å². The average molecular weight is 227 g/mol. The van der Waals surface area contributed by atoms with E-state index in [1.807, 2.05) is 0 Å². The van der Waals surface area contributed by atoms with Gasteiger partial charge in [-0.25, -0.2) is 0 Å². The zero-order chi connectivity index (χ0) is 12.8. The zero-order valence-electron chi connectivity index (χ0n) is 12.4. The van der Waals surface area contributed by atoms with E-state index in [2.05, 4.69) is 41.5 Å². The van der Waals surface area contributed by atoms with Crippen molar-refractivity contribution >= 4 is 0 Å². The highest BCUT2D eigenvalue weighted by Gasteiger charge is 2.34. The standard InChI is InChI=1S/C15H33N/c1-7-14(5,8-2)11-13(12-16)15(6,9-3)10-4/h13H,7-12,16H2,1-6H3. The van der Waals surface area contributed by atoms with Gasteiger partial charge in [-0.3, -0.25) is 0 Å². The second-order valence-electron chi connectivity index (χ2n) is 6.02. The van der Waals surface area contributed by atoms with Crippen LogP contribution in [0.2, 0.25) is 0 Å². The molecule has 0 aliphatic rings. The van der Waals surface area contributed by atoms with Gasteiger partial charge >= 0.3 is 0 Å². The van der Waals surface area contributed by atoms with Crippen LogP contribution >= 0.6 is 0 Å². The molecule has 0 amide bonds. The Kier molecular flexibility index (Phi) is 6.62. The van der Waals surface area contributed by atoms with Gasteiger partial charge in [0.25, 0.3) is 0 Å². The average Bonchev–Trinajstić information content (AvgIpc) is 2.34. The van der Waals surface area contributed by atoms with E-state index in [0.717, 1.165) is 6.54 Å². The Morgan fingerprint density at radius 3 is 1.56 bits per heavy atom. The molecule has 0 aromatic heterocycles. The smallest absolute Gasteiger partial charge is 0.00435 e. The summed E-state index contributed by atoms with van der Waals surface area (Å²) in [6.07, 6.45) is 6.31. The van der Waals surface area contributed by atoms with E-state index < -0.39 is 0 Å². The van der Waals surface area contributed by atoms with Gasteiger partial charge in [0.15, 0.2) is 0 Å². The Labute approximate surface area is 103 Å². The third-order valence-corrected chi connectivity index (χ3v) is 5.33. The normalized spacial score (nSPS) is 15.2. The van der Waals surface area contributed by atoms with Gasteiger partial charge in [-0.1, -0.05) is 67.2 Å². The minimum Gasteiger partial charge on any atom is -0.330 e. The van der Waals surface area contributed by atoms with E-state index in [4.69, 9.17) is 5.73 Å². The van der Waals surface area contributed by atoms with Crippen molar-refractivity contribution in [1.82, 2.24) is 0 Å². The van der Waals surface area contributed by atoms with Gasteiger partial charge in [0.2, 0.25) is 0 Å². The molecule has 0 bridgehead atoms. The predicted molar refractivity (Wildman–Crippen MR) is 74.5 cm³/mol. The lowest BCUT2D eigenvalue weighted by atomic mass is 9.65. The summed E-state index contributed by atoms with van der Waals surface area (Å²) in [4.78, 5) is 0. The quantitative estimate of drug-likeness (QED) is 0.644. The Morgan fingerprint density at radius 1 is 0.875 bits per heavy atom. The van der Waals surface area contributed by atoms with Crippen molar-refractivity contribution in [3.8, 4) is 0 Å². The van der Waals surface area contributed by atoms with Gasteiger partial charge in [-0.15, -0.1) is 0 Å². The molecule has 1 atom stereocenters. The number of hydrogen-bond donors (Lipinski definition) is 1. The second kappa shape index (κ2) is 6.64. The van der Waals surface area contributed by atoms with Crippen LogP contribution in [0.15, 0.2) is 0 Å². The maximum atomic E-state index is 6.03. The molecule has 0 radical (unpaired) electrons. The molecule has 2 N–H and O–H groups in total. The van der Waals surface area contributed by atoms with Crippen molar-refractivity contribution in [2.75, 3.05) is 6.54 Å². The third kappa shape index (κ3) is 3.76. The molecule has 0 spiro atoms. The van der Waals surface area contributed by atoms with E-state index >= 15 is 0 Å². The van der Waals surface area contributed by atoms with E-state index in [-0.39, 0.29) is 0 Å². The lowest BCUT2D eigenvalue weighted by Gasteiger charge is -2.41. The molecule has 0 aliphatic carbocycles. The van der Waals surface area contributed by atoms with Crippen LogP contribution in [0.1, 0.15) is 73.6 Å². The molecule has 0 saturated heterocycles. The Morgan fingerprint density at radius 2 is 1.31 bits per heavy atom. The summed E-state index contributed by atoms with van der Waals surface area (Å²) in [7, 11) is 0. The molecular weight excluding hydrogens is 194 g/mol. The monoisotopic (exact) mass is 227 g/mol. The summed E-state index contributed by atoms with van der Waals surface area (Å²) < 4.78 is 0. The van der Waals surface area contributed by atoms with Crippen molar-refractivity contribution in [2.45, 2.75) is 73.6 Å². The third-order valence-electron chi connectivity index (χ3n) is 5.33. The molecule has 0 aromatic rings. The fourth-order valence-corrected chi connectivity index (χ4v) is 2.58. The molecule has 16 heavy (non-hydrogen) atoms. The molecule has 0 fully saturated rings. The van der Waals surface area contributed by atoms with Gasteiger partial charge in [0, 0.05) is 0 Å². The van der Waals surface area contributed by atoms with Crippen LogP contribution in [0.4, 0.5) is 0 Å². The largest absolute Gasteiger partial charge is 0.330 e. The van der Waals surface area contributed by atoms with Crippen molar-refractivity contribution < 1.29 is 0 Å². The molecular formula is C15H33N. The van der Waals surface area contributed by atoms with Gasteiger partial charge in [0.05, 0.1) is 0 Å². The minimum absolute atomic E-state index is 0.431. The molecule has 98 valence electrons. The molecule has 0 heterocycles. The molecule has 1 nitrogen and oxygen atoms in total. The highest BCUT2D eigenvalue weighted by Crippen LogP contribution is 2.43. The van der Waals surface area contributed by atoms with Crippen LogP contribution in [0.3, 0.4) is 0 Å². The number of rotatable bonds is 8. The number of hydrogen-bond acceptors (Lipinski definition) is 1. The maximum absolute atomic E-state index is 6.03. The first-order chi connectivity index (χ1) is 7.41. The Bertz CT molecular complexity index is 178. The molecule has 0 saturated carbocycles. The summed E-state index contributed by atoms with van der Waals surface area (Å²) in [6.45, 7) is 14.9. The van der Waals surface area contributed by atoms with Gasteiger partial charge < -0.3 is 5.73 Å². The van der Waals surface area contributed by atoms with Crippen molar-refractivity contribution in [3.05, 3.63) is 0 Å². The van der Waals surface area contributed by atoms with Crippen LogP contribution in [-0.4, -0.2) is 6.54 Å². The topological polar surface area (TPSA) is 26.0 Å². The molecule has 0 rings (SSSR count). The van der Waals surface area contributed by atoms with Crippen LogP contribution in [0.5, 0.6) is 0 Å². The molecule has 1 heteroatoms. The summed E-state index contributed by atoms with van der Waals surface area (Å²) >= 11 is 0. The summed E-state index contributed by atoms with van der Waals surface area (Å²) in [5.41, 5.74) is 6.94. The van der Waals surface area contributed by atoms with Gasteiger partial charge in [-0.05, 0) is 29.7 Å². The van der Waals surface area contributed by atoms with Crippen LogP contribution in [0.25, 0.3) is 0 Å².